The van der Waals surface area contributed by atoms with E-state index in [0.717, 1.165) is 38.0 Å². The van der Waals surface area contributed by atoms with Gasteiger partial charge in [0.15, 0.2) is 0 Å². The summed E-state index contributed by atoms with van der Waals surface area (Å²) in [6.45, 7) is 2.44. The van der Waals surface area contributed by atoms with Gasteiger partial charge in [-0.3, -0.25) is 14.5 Å². The van der Waals surface area contributed by atoms with Gasteiger partial charge in [-0.15, -0.1) is 0 Å². The van der Waals surface area contributed by atoms with Crippen molar-refractivity contribution in [3.63, 3.8) is 0 Å². The molecule has 1 amide bonds. The van der Waals surface area contributed by atoms with Crippen LogP contribution in [0.5, 0.6) is 0 Å². The molecule has 3 atom stereocenters. The number of hydrogen-bond acceptors (Lipinski definition) is 4. The number of nitrogens with one attached hydrogen (secondary N) is 1. The number of amides is 1. The Morgan fingerprint density at radius 2 is 2.08 bits per heavy atom. The van der Waals surface area contributed by atoms with Gasteiger partial charge in [0.25, 0.3) is 0 Å². The van der Waals surface area contributed by atoms with Gasteiger partial charge in [-0.2, -0.15) is 5.10 Å². The van der Waals surface area contributed by atoms with Gasteiger partial charge >= 0.3 is 0 Å². The number of carbonyl (C=O) groups excluding carboxylic acids is 1. The lowest BCUT2D eigenvalue weighted by Crippen LogP contribution is -2.38. The van der Waals surface area contributed by atoms with E-state index in [1.807, 2.05) is 48.6 Å². The lowest BCUT2D eigenvalue weighted by atomic mass is 9.89. The van der Waals surface area contributed by atoms with Gasteiger partial charge in [0.2, 0.25) is 5.91 Å². The van der Waals surface area contributed by atoms with Gasteiger partial charge in [-0.25, -0.2) is 0 Å². The van der Waals surface area contributed by atoms with Crippen LogP contribution in [0.25, 0.3) is 0 Å². The number of likely N-dealkylation sites (tertiary alicyclic amines) is 1. The van der Waals surface area contributed by atoms with E-state index < -0.39 is 0 Å². The number of nitrogens with zero attached hydrogens (tertiary/aromatic N) is 4. The van der Waals surface area contributed by atoms with E-state index >= 15 is 0 Å². The summed E-state index contributed by atoms with van der Waals surface area (Å²) in [5.41, 5.74) is 2.35. The molecule has 1 N–H and O–H groups in total. The van der Waals surface area contributed by atoms with E-state index in [9.17, 15) is 4.79 Å². The van der Waals surface area contributed by atoms with Crippen molar-refractivity contribution in [3.8, 4) is 0 Å². The fourth-order valence-electron chi connectivity index (χ4n) is 4.10. The normalized spacial score (nSPS) is 26.9. The van der Waals surface area contributed by atoms with Crippen LogP contribution in [0, 0.1) is 5.92 Å². The average molecular weight is 325 g/mol. The zero-order chi connectivity index (χ0) is 16.5. The molecule has 4 rings (SSSR count). The monoisotopic (exact) mass is 325 g/mol. The summed E-state index contributed by atoms with van der Waals surface area (Å²) >= 11 is 0. The van der Waals surface area contributed by atoms with Crippen LogP contribution in [-0.4, -0.2) is 45.2 Å². The smallest absolute Gasteiger partial charge is 0.228 e. The summed E-state index contributed by atoms with van der Waals surface area (Å²) in [6.07, 6.45) is 9.65. The summed E-state index contributed by atoms with van der Waals surface area (Å²) in [6, 6.07) is 4.25. The van der Waals surface area contributed by atoms with Crippen LogP contribution in [0.4, 0.5) is 0 Å². The first-order chi connectivity index (χ1) is 11.7. The maximum atomic E-state index is 13.3. The second kappa shape index (κ2) is 6.36. The SMILES string of the molecule is Cn1cc([C@H]2CNC[C@@H]2C(=O)N2CCCC2c2ccncc2)cn1. The lowest BCUT2D eigenvalue weighted by Gasteiger charge is -2.29. The van der Waals surface area contributed by atoms with E-state index in [2.05, 4.69) is 20.3 Å². The van der Waals surface area contributed by atoms with Crippen LogP contribution in [0.1, 0.15) is 35.9 Å². The molecule has 0 spiro atoms. The van der Waals surface area contributed by atoms with E-state index in [4.69, 9.17) is 0 Å². The van der Waals surface area contributed by atoms with E-state index in [1.54, 1.807) is 0 Å². The highest BCUT2D eigenvalue weighted by molar-refractivity contribution is 5.81. The number of aryl methyl sites for hydroxylation is 1. The predicted molar refractivity (Wildman–Crippen MR) is 90.2 cm³/mol. The van der Waals surface area contributed by atoms with Crippen LogP contribution in [-0.2, 0) is 11.8 Å². The van der Waals surface area contributed by atoms with Crippen molar-refractivity contribution in [2.24, 2.45) is 13.0 Å². The Morgan fingerprint density at radius 1 is 1.25 bits per heavy atom. The molecular formula is C18H23N5O. The summed E-state index contributed by atoms with van der Waals surface area (Å²) in [4.78, 5) is 19.4. The summed E-state index contributed by atoms with van der Waals surface area (Å²) in [5, 5.41) is 7.67. The highest BCUT2D eigenvalue weighted by Crippen LogP contribution is 2.36. The Balaban J connectivity index is 1.56. The number of aromatic nitrogens is 3. The van der Waals surface area contributed by atoms with Crippen molar-refractivity contribution in [3.05, 3.63) is 48.0 Å². The number of pyridine rings is 1. The molecule has 0 radical (unpaired) electrons. The first-order valence-electron chi connectivity index (χ1n) is 8.63. The van der Waals surface area contributed by atoms with Gasteiger partial charge in [0.05, 0.1) is 18.2 Å². The molecular weight excluding hydrogens is 302 g/mol. The topological polar surface area (TPSA) is 63.1 Å². The average Bonchev–Trinajstić information content (AvgIpc) is 3.34. The van der Waals surface area contributed by atoms with Crippen LogP contribution in [0.3, 0.4) is 0 Å². The highest BCUT2D eigenvalue weighted by atomic mass is 16.2. The third-order valence-electron chi connectivity index (χ3n) is 5.31. The quantitative estimate of drug-likeness (QED) is 0.928. The Bertz CT molecular complexity index is 713. The van der Waals surface area contributed by atoms with Gasteiger partial charge in [0, 0.05) is 51.2 Å². The highest BCUT2D eigenvalue weighted by Gasteiger charge is 2.40. The molecule has 6 nitrogen and oxygen atoms in total. The third kappa shape index (κ3) is 2.71. The molecule has 6 heteroatoms. The van der Waals surface area contributed by atoms with Gasteiger partial charge in [0.1, 0.15) is 0 Å². The largest absolute Gasteiger partial charge is 0.335 e. The maximum absolute atomic E-state index is 13.3. The molecule has 2 aromatic heterocycles. The number of carbonyl (C=O) groups is 1. The minimum atomic E-state index is -0.00311. The summed E-state index contributed by atoms with van der Waals surface area (Å²) in [7, 11) is 1.92. The zero-order valence-corrected chi connectivity index (χ0v) is 13.9. The molecule has 126 valence electrons. The maximum Gasteiger partial charge on any atom is 0.228 e. The fourth-order valence-corrected chi connectivity index (χ4v) is 4.10. The number of hydrogen-bond donors (Lipinski definition) is 1. The molecule has 2 aliphatic heterocycles. The predicted octanol–water partition coefficient (Wildman–Crippen LogP) is 1.48. The Hall–Kier alpha value is -2.21. The van der Waals surface area contributed by atoms with Crippen molar-refractivity contribution in [1.29, 1.82) is 0 Å². The van der Waals surface area contributed by atoms with Crippen LogP contribution in [0.2, 0.25) is 0 Å². The molecule has 2 aliphatic rings. The Kier molecular flexibility index (Phi) is 4.06. The van der Waals surface area contributed by atoms with Crippen molar-refractivity contribution < 1.29 is 4.79 Å². The van der Waals surface area contributed by atoms with E-state index in [0.29, 0.717) is 0 Å². The van der Waals surface area contributed by atoms with E-state index in [1.165, 1.54) is 5.56 Å². The van der Waals surface area contributed by atoms with E-state index in [-0.39, 0.29) is 23.8 Å². The fraction of sp³-hybridized carbons (Fsp3) is 0.500. The Labute approximate surface area is 141 Å². The number of rotatable bonds is 3. The van der Waals surface area contributed by atoms with Crippen molar-refractivity contribution in [2.75, 3.05) is 19.6 Å². The van der Waals surface area contributed by atoms with Crippen LogP contribution in [0.15, 0.2) is 36.9 Å². The van der Waals surface area contributed by atoms with Crippen molar-refractivity contribution in [1.82, 2.24) is 25.0 Å². The molecule has 0 bridgehead atoms. The van der Waals surface area contributed by atoms with Crippen molar-refractivity contribution in [2.45, 2.75) is 24.8 Å². The molecule has 2 saturated heterocycles. The summed E-state index contributed by atoms with van der Waals surface area (Å²) < 4.78 is 1.81. The minimum absolute atomic E-state index is 0.00311. The molecule has 2 aromatic rings. The molecule has 24 heavy (non-hydrogen) atoms. The first kappa shape index (κ1) is 15.3. The second-order valence-corrected chi connectivity index (χ2v) is 6.79. The second-order valence-electron chi connectivity index (χ2n) is 6.79. The van der Waals surface area contributed by atoms with Crippen LogP contribution < -0.4 is 5.32 Å². The lowest BCUT2D eigenvalue weighted by molar-refractivity contribution is -0.136. The molecule has 4 heterocycles. The molecule has 0 aromatic carbocycles. The molecule has 2 fully saturated rings. The van der Waals surface area contributed by atoms with Crippen LogP contribution >= 0.6 is 0 Å². The minimum Gasteiger partial charge on any atom is -0.335 e. The van der Waals surface area contributed by atoms with Gasteiger partial charge in [-0.05, 0) is 36.1 Å². The molecule has 0 saturated carbocycles. The third-order valence-corrected chi connectivity index (χ3v) is 5.31. The van der Waals surface area contributed by atoms with Gasteiger partial charge in [-0.1, -0.05) is 0 Å². The summed E-state index contributed by atoms with van der Waals surface area (Å²) in [5.74, 6) is 0.481. The Morgan fingerprint density at radius 3 is 2.83 bits per heavy atom. The molecule has 0 aliphatic carbocycles. The standard InChI is InChI=1S/C18H23N5O/c1-22-12-14(9-21-22)15-10-20-11-16(15)18(24)23-8-2-3-17(23)13-4-6-19-7-5-13/h4-7,9,12,15-17,20H,2-3,8,10-11H2,1H3/t15-,16+,17?/m1/s1. The molecule has 1 unspecified atom stereocenters. The van der Waals surface area contributed by atoms with Crippen molar-refractivity contribution >= 4 is 5.91 Å². The zero-order valence-electron chi connectivity index (χ0n) is 13.9. The van der Waals surface area contributed by atoms with Gasteiger partial charge < -0.3 is 10.2 Å². The first-order valence-corrected chi connectivity index (χ1v) is 8.63.